The molecule has 238 valence electrons. The van der Waals surface area contributed by atoms with Crippen LogP contribution in [-0.2, 0) is 25.6 Å². The van der Waals surface area contributed by atoms with E-state index in [0.29, 0.717) is 51.7 Å². The van der Waals surface area contributed by atoms with Gasteiger partial charge in [0.15, 0.2) is 6.29 Å². The van der Waals surface area contributed by atoms with Crippen LogP contribution in [0.25, 0.3) is 0 Å². The highest BCUT2D eigenvalue weighted by atomic mass is 19.3. The predicted molar refractivity (Wildman–Crippen MR) is 159 cm³/mol. The van der Waals surface area contributed by atoms with Gasteiger partial charge in [-0.1, -0.05) is 62.2 Å². The lowest BCUT2D eigenvalue weighted by Crippen LogP contribution is -2.36. The van der Waals surface area contributed by atoms with Crippen LogP contribution in [0.15, 0.2) is 42.5 Å². The SMILES string of the molecule is CCCCC(F)(F)C(O)CC[C@@H]1[C@@H](C/C=C\CCCCCC(=O)OCc2ccccc2)[C@@H](O)C[C@H]1OC1CCCCO1. The van der Waals surface area contributed by atoms with Crippen LogP contribution in [0.5, 0.6) is 0 Å². The molecule has 42 heavy (non-hydrogen) atoms. The molecule has 8 heteroatoms. The normalized spacial score (nSPS) is 25.6. The number of rotatable bonds is 19. The Balaban J connectivity index is 1.42. The van der Waals surface area contributed by atoms with Crippen molar-refractivity contribution in [2.24, 2.45) is 11.8 Å². The van der Waals surface area contributed by atoms with Crippen LogP contribution in [0.4, 0.5) is 8.78 Å². The largest absolute Gasteiger partial charge is 0.461 e. The fourth-order valence-electron chi connectivity index (χ4n) is 6.08. The lowest BCUT2D eigenvalue weighted by Gasteiger charge is -2.31. The third kappa shape index (κ3) is 12.0. The number of unbranched alkanes of at least 4 members (excludes halogenated alkanes) is 4. The van der Waals surface area contributed by atoms with E-state index >= 15 is 0 Å². The van der Waals surface area contributed by atoms with Crippen molar-refractivity contribution in [1.82, 2.24) is 0 Å². The summed E-state index contributed by atoms with van der Waals surface area (Å²) in [7, 11) is 0. The number of aliphatic hydroxyl groups is 2. The van der Waals surface area contributed by atoms with Crippen molar-refractivity contribution >= 4 is 5.97 Å². The smallest absolute Gasteiger partial charge is 0.306 e. The molecule has 1 aliphatic heterocycles. The molecule has 1 heterocycles. The van der Waals surface area contributed by atoms with Crippen LogP contribution in [0.2, 0.25) is 0 Å². The molecule has 1 aliphatic carbocycles. The molecule has 6 atom stereocenters. The Morgan fingerprint density at radius 2 is 1.93 bits per heavy atom. The van der Waals surface area contributed by atoms with Crippen molar-refractivity contribution in [3.8, 4) is 0 Å². The van der Waals surface area contributed by atoms with Crippen molar-refractivity contribution in [2.45, 2.75) is 140 Å². The van der Waals surface area contributed by atoms with Crippen LogP contribution in [0.3, 0.4) is 0 Å². The van der Waals surface area contributed by atoms with E-state index in [4.69, 9.17) is 14.2 Å². The number of aliphatic hydroxyl groups excluding tert-OH is 2. The van der Waals surface area contributed by atoms with Crippen molar-refractivity contribution in [3.05, 3.63) is 48.0 Å². The second-order valence-electron chi connectivity index (χ2n) is 12.0. The van der Waals surface area contributed by atoms with Gasteiger partial charge in [0.2, 0.25) is 0 Å². The van der Waals surface area contributed by atoms with E-state index in [1.54, 1.807) is 0 Å². The van der Waals surface area contributed by atoms with Gasteiger partial charge in [-0.15, -0.1) is 0 Å². The van der Waals surface area contributed by atoms with Crippen LogP contribution in [0, 0.1) is 11.8 Å². The quantitative estimate of drug-likeness (QED) is 0.0980. The third-order valence-corrected chi connectivity index (χ3v) is 8.65. The minimum atomic E-state index is -3.11. The van der Waals surface area contributed by atoms with Gasteiger partial charge in [-0.25, -0.2) is 8.78 Å². The minimum absolute atomic E-state index is 0.0204. The van der Waals surface area contributed by atoms with E-state index in [1.165, 1.54) is 0 Å². The Morgan fingerprint density at radius 3 is 2.67 bits per heavy atom. The first-order valence-electron chi connectivity index (χ1n) is 16.2. The fraction of sp³-hybridized carbons (Fsp3) is 0.735. The van der Waals surface area contributed by atoms with Crippen molar-refractivity contribution in [1.29, 1.82) is 0 Å². The molecular weight excluding hydrogens is 542 g/mol. The maximum absolute atomic E-state index is 14.5. The topological polar surface area (TPSA) is 85.2 Å². The lowest BCUT2D eigenvalue weighted by molar-refractivity contribution is -0.197. The number of allylic oxidation sites excluding steroid dienone is 2. The highest BCUT2D eigenvalue weighted by Crippen LogP contribution is 2.42. The summed E-state index contributed by atoms with van der Waals surface area (Å²) in [5, 5.41) is 21.3. The summed E-state index contributed by atoms with van der Waals surface area (Å²) in [5.74, 6) is -3.54. The molecule has 0 spiro atoms. The molecule has 2 fully saturated rings. The zero-order chi connectivity index (χ0) is 30.2. The van der Waals surface area contributed by atoms with Crippen LogP contribution in [0.1, 0.15) is 109 Å². The highest BCUT2D eigenvalue weighted by molar-refractivity contribution is 5.69. The number of carbonyl (C=O) groups is 1. The summed E-state index contributed by atoms with van der Waals surface area (Å²) >= 11 is 0. The zero-order valence-corrected chi connectivity index (χ0v) is 25.3. The van der Waals surface area contributed by atoms with Crippen molar-refractivity contribution < 1.29 is 38.0 Å². The molecule has 2 unspecified atom stereocenters. The van der Waals surface area contributed by atoms with Gasteiger partial charge in [-0.2, -0.15) is 0 Å². The Labute approximate surface area is 250 Å². The molecule has 1 saturated heterocycles. The molecule has 0 amide bonds. The Kier molecular flexibility index (Phi) is 15.4. The van der Waals surface area contributed by atoms with E-state index in [9.17, 15) is 23.8 Å². The van der Waals surface area contributed by atoms with Gasteiger partial charge in [0, 0.05) is 25.9 Å². The van der Waals surface area contributed by atoms with E-state index in [2.05, 4.69) is 12.2 Å². The number of hydrogen-bond donors (Lipinski definition) is 2. The Morgan fingerprint density at radius 1 is 1.12 bits per heavy atom. The second kappa shape index (κ2) is 18.7. The van der Waals surface area contributed by atoms with Gasteiger partial charge < -0.3 is 24.4 Å². The van der Waals surface area contributed by atoms with E-state index in [1.807, 2.05) is 37.3 Å². The van der Waals surface area contributed by atoms with Crippen molar-refractivity contribution in [3.63, 3.8) is 0 Å². The van der Waals surface area contributed by atoms with E-state index < -0.39 is 18.1 Å². The van der Waals surface area contributed by atoms with E-state index in [-0.39, 0.29) is 43.0 Å². The molecule has 1 aromatic rings. The Hall–Kier alpha value is -1.87. The molecule has 6 nitrogen and oxygen atoms in total. The molecule has 2 aliphatic rings. The van der Waals surface area contributed by atoms with Gasteiger partial charge in [-0.05, 0) is 81.6 Å². The summed E-state index contributed by atoms with van der Waals surface area (Å²) in [6.45, 7) is 2.81. The third-order valence-electron chi connectivity index (χ3n) is 8.65. The molecule has 3 rings (SSSR count). The molecule has 0 bridgehead atoms. The number of carbonyl (C=O) groups excluding carboxylic acids is 1. The molecule has 0 aromatic heterocycles. The molecule has 1 aromatic carbocycles. The first-order chi connectivity index (χ1) is 20.3. The van der Waals surface area contributed by atoms with Crippen LogP contribution in [-0.4, -0.2) is 53.3 Å². The van der Waals surface area contributed by atoms with Crippen LogP contribution >= 0.6 is 0 Å². The Bertz CT molecular complexity index is 905. The summed E-state index contributed by atoms with van der Waals surface area (Å²) in [6, 6.07) is 9.63. The highest BCUT2D eigenvalue weighted by Gasteiger charge is 2.45. The average molecular weight is 595 g/mol. The molecular formula is C34H52F2O6. The monoisotopic (exact) mass is 594 g/mol. The van der Waals surface area contributed by atoms with E-state index in [0.717, 1.165) is 50.5 Å². The maximum Gasteiger partial charge on any atom is 0.306 e. The first-order valence-corrected chi connectivity index (χ1v) is 16.2. The number of ether oxygens (including phenoxy) is 3. The zero-order valence-electron chi connectivity index (χ0n) is 25.3. The lowest BCUT2D eigenvalue weighted by atomic mass is 9.85. The average Bonchev–Trinajstić information content (AvgIpc) is 3.28. The first kappa shape index (κ1) is 34.6. The van der Waals surface area contributed by atoms with Gasteiger partial charge in [0.1, 0.15) is 12.7 Å². The van der Waals surface area contributed by atoms with Crippen LogP contribution < -0.4 is 0 Å². The number of benzene rings is 1. The molecule has 1 saturated carbocycles. The van der Waals surface area contributed by atoms with Gasteiger partial charge in [-0.3, -0.25) is 4.79 Å². The standard InChI is InChI=1S/C34H52F2O6/c1-2-3-22-34(35,36)31(38)21-20-28-27(29(37)24-30(28)42-33-19-13-14-23-40-33)17-11-6-4-5-7-12-18-32(39)41-25-26-15-9-8-10-16-26/h6,8-11,15-16,27-31,33,37-38H,2-5,7,12-14,17-25H2,1H3/b11-6-/t27-,28-,29+,30-,31?,33?/m1/s1. The van der Waals surface area contributed by atoms with Gasteiger partial charge >= 0.3 is 5.97 Å². The van der Waals surface area contributed by atoms with Gasteiger partial charge in [0.25, 0.3) is 5.92 Å². The minimum Gasteiger partial charge on any atom is -0.461 e. The second-order valence-corrected chi connectivity index (χ2v) is 12.0. The number of esters is 1. The van der Waals surface area contributed by atoms with Gasteiger partial charge in [0.05, 0.1) is 12.2 Å². The number of halogens is 2. The summed E-state index contributed by atoms with van der Waals surface area (Å²) in [4.78, 5) is 12.0. The summed E-state index contributed by atoms with van der Waals surface area (Å²) < 4.78 is 46.3. The summed E-state index contributed by atoms with van der Waals surface area (Å²) in [5.41, 5.74) is 0.979. The summed E-state index contributed by atoms with van der Waals surface area (Å²) in [6.07, 6.45) is 10.2. The number of hydrogen-bond acceptors (Lipinski definition) is 6. The molecule has 0 radical (unpaired) electrons. The fourth-order valence-corrected chi connectivity index (χ4v) is 6.08. The van der Waals surface area contributed by atoms with Crippen molar-refractivity contribution in [2.75, 3.05) is 6.61 Å². The predicted octanol–water partition coefficient (Wildman–Crippen LogP) is 7.50. The number of alkyl halides is 2. The maximum atomic E-state index is 14.5. The molecule has 2 N–H and O–H groups in total.